The average molecular weight is 325 g/mol. The van der Waals surface area contributed by atoms with Crippen molar-refractivity contribution in [3.63, 3.8) is 0 Å². The third kappa shape index (κ3) is 4.60. The molecule has 2 heterocycles. The van der Waals surface area contributed by atoms with Crippen LogP contribution in [0.2, 0.25) is 0 Å². The largest absolute Gasteiger partial charge is 0.392 e. The van der Waals surface area contributed by atoms with Crippen LogP contribution in [0.3, 0.4) is 0 Å². The van der Waals surface area contributed by atoms with Gasteiger partial charge in [-0.25, -0.2) is 4.79 Å². The summed E-state index contributed by atoms with van der Waals surface area (Å²) in [4.78, 5) is 14.7. The molecular formula is C18H35N3O2. The molecule has 0 radical (unpaired) electrons. The number of nitrogens with one attached hydrogen (secondary N) is 2. The van der Waals surface area contributed by atoms with E-state index in [0.29, 0.717) is 18.6 Å². The van der Waals surface area contributed by atoms with Crippen LogP contribution in [-0.2, 0) is 0 Å². The smallest absolute Gasteiger partial charge is 0.315 e. The fourth-order valence-electron chi connectivity index (χ4n) is 4.29. The lowest BCUT2D eigenvalue weighted by molar-refractivity contribution is 0.0148. The molecule has 5 heteroatoms. The standard InChI is InChI=1S/C18H35N3O2/c1-12(2)16(22)18(3,4)11-19-17(23)20-13-9-14-7-6-8-15(10-13)21(14)5/h12-16,22H,6-11H2,1-5H3,(H2,19,20,23). The monoisotopic (exact) mass is 325 g/mol. The molecular weight excluding hydrogens is 290 g/mol. The van der Waals surface area contributed by atoms with Crippen LogP contribution in [0.5, 0.6) is 0 Å². The van der Waals surface area contributed by atoms with E-state index in [1.54, 1.807) is 0 Å². The highest BCUT2D eigenvalue weighted by Crippen LogP contribution is 2.32. The Bertz CT molecular complexity index is 397. The van der Waals surface area contributed by atoms with Gasteiger partial charge in [-0.15, -0.1) is 0 Å². The van der Waals surface area contributed by atoms with E-state index < -0.39 is 6.10 Å². The fourth-order valence-corrected chi connectivity index (χ4v) is 4.29. The summed E-state index contributed by atoms with van der Waals surface area (Å²) >= 11 is 0. The third-order valence-electron chi connectivity index (χ3n) is 5.81. The highest BCUT2D eigenvalue weighted by molar-refractivity contribution is 5.74. The Balaban J connectivity index is 1.79. The van der Waals surface area contributed by atoms with Crippen LogP contribution in [0, 0.1) is 11.3 Å². The van der Waals surface area contributed by atoms with Crippen molar-refractivity contribution < 1.29 is 9.90 Å². The molecule has 2 amide bonds. The molecule has 5 nitrogen and oxygen atoms in total. The second-order valence-corrected chi connectivity index (χ2v) is 8.58. The summed E-state index contributed by atoms with van der Waals surface area (Å²) in [7, 11) is 2.22. The van der Waals surface area contributed by atoms with E-state index in [9.17, 15) is 9.90 Å². The van der Waals surface area contributed by atoms with E-state index in [-0.39, 0.29) is 23.4 Å². The summed E-state index contributed by atoms with van der Waals surface area (Å²) in [5.74, 6) is 0.183. The Hall–Kier alpha value is -0.810. The van der Waals surface area contributed by atoms with E-state index in [0.717, 1.165) is 12.8 Å². The quantitative estimate of drug-likeness (QED) is 0.727. The first-order valence-corrected chi connectivity index (χ1v) is 9.15. The van der Waals surface area contributed by atoms with Crippen molar-refractivity contribution >= 4 is 6.03 Å². The number of aliphatic hydroxyl groups is 1. The number of carbonyl (C=O) groups excluding carboxylic acids is 1. The van der Waals surface area contributed by atoms with Gasteiger partial charge in [0.15, 0.2) is 0 Å². The summed E-state index contributed by atoms with van der Waals surface area (Å²) < 4.78 is 0. The third-order valence-corrected chi connectivity index (χ3v) is 5.81. The van der Waals surface area contributed by atoms with E-state index in [1.165, 1.54) is 19.3 Å². The molecule has 0 aromatic heterocycles. The Morgan fingerprint density at radius 3 is 2.35 bits per heavy atom. The molecule has 134 valence electrons. The zero-order chi connectivity index (χ0) is 17.2. The van der Waals surface area contributed by atoms with Gasteiger partial charge in [-0.05, 0) is 38.6 Å². The zero-order valence-corrected chi connectivity index (χ0v) is 15.4. The van der Waals surface area contributed by atoms with Crippen LogP contribution in [0.1, 0.15) is 59.8 Å². The molecule has 0 aromatic rings. The normalized spacial score (nSPS) is 30.1. The maximum Gasteiger partial charge on any atom is 0.315 e. The Morgan fingerprint density at radius 1 is 1.26 bits per heavy atom. The molecule has 3 N–H and O–H groups in total. The average Bonchev–Trinajstić information content (AvgIpc) is 2.45. The molecule has 2 bridgehead atoms. The van der Waals surface area contributed by atoms with Crippen molar-refractivity contribution in [1.82, 2.24) is 15.5 Å². The number of nitrogens with zero attached hydrogens (tertiary/aromatic N) is 1. The molecule has 0 saturated carbocycles. The molecule has 3 atom stereocenters. The van der Waals surface area contributed by atoms with Gasteiger partial charge in [0.05, 0.1) is 6.10 Å². The number of hydrogen-bond donors (Lipinski definition) is 3. The van der Waals surface area contributed by atoms with Crippen LogP contribution in [0.15, 0.2) is 0 Å². The Morgan fingerprint density at radius 2 is 1.83 bits per heavy atom. The summed E-state index contributed by atoms with van der Waals surface area (Å²) in [6.07, 6.45) is 5.50. The molecule has 3 unspecified atom stereocenters. The van der Waals surface area contributed by atoms with Gasteiger partial charge in [0.25, 0.3) is 0 Å². The summed E-state index contributed by atoms with van der Waals surface area (Å²) in [5.41, 5.74) is -0.325. The molecule has 2 rings (SSSR count). The van der Waals surface area contributed by atoms with Gasteiger partial charge in [-0.3, -0.25) is 0 Å². The second kappa shape index (κ2) is 7.39. The molecule has 2 saturated heterocycles. The Labute approximate surface area is 141 Å². The van der Waals surface area contributed by atoms with Crippen LogP contribution < -0.4 is 10.6 Å². The van der Waals surface area contributed by atoms with Gasteiger partial charge in [0.1, 0.15) is 0 Å². The lowest BCUT2D eigenvalue weighted by Crippen LogP contribution is -2.57. The first-order chi connectivity index (χ1) is 10.7. The van der Waals surface area contributed by atoms with E-state index >= 15 is 0 Å². The maximum absolute atomic E-state index is 12.2. The van der Waals surface area contributed by atoms with Gasteiger partial charge < -0.3 is 20.6 Å². The summed E-state index contributed by atoms with van der Waals surface area (Å²) in [6.45, 7) is 8.49. The van der Waals surface area contributed by atoms with Crippen molar-refractivity contribution in [1.29, 1.82) is 0 Å². The van der Waals surface area contributed by atoms with Crippen molar-refractivity contribution in [2.24, 2.45) is 11.3 Å². The number of urea groups is 1. The first kappa shape index (κ1) is 18.5. The number of rotatable bonds is 5. The summed E-state index contributed by atoms with van der Waals surface area (Å²) in [6, 6.07) is 1.42. The minimum Gasteiger partial charge on any atom is -0.392 e. The Kier molecular flexibility index (Phi) is 5.95. The van der Waals surface area contributed by atoms with Crippen LogP contribution in [0.25, 0.3) is 0 Å². The van der Waals surface area contributed by atoms with Gasteiger partial charge >= 0.3 is 6.03 Å². The highest BCUT2D eigenvalue weighted by Gasteiger charge is 2.36. The van der Waals surface area contributed by atoms with E-state index in [1.807, 2.05) is 27.7 Å². The summed E-state index contributed by atoms with van der Waals surface area (Å²) in [5, 5.41) is 16.4. The topological polar surface area (TPSA) is 64.6 Å². The van der Waals surface area contributed by atoms with E-state index in [4.69, 9.17) is 0 Å². The number of piperidine rings is 2. The number of amides is 2. The first-order valence-electron chi connectivity index (χ1n) is 9.15. The number of hydrogen-bond acceptors (Lipinski definition) is 3. The van der Waals surface area contributed by atoms with Crippen LogP contribution >= 0.6 is 0 Å². The van der Waals surface area contributed by atoms with Gasteiger partial charge in [-0.1, -0.05) is 34.1 Å². The molecule has 0 aromatic carbocycles. The highest BCUT2D eigenvalue weighted by atomic mass is 16.3. The second-order valence-electron chi connectivity index (χ2n) is 8.58. The van der Waals surface area contributed by atoms with E-state index in [2.05, 4.69) is 22.6 Å². The number of fused-ring (bicyclic) bond motifs is 2. The molecule has 23 heavy (non-hydrogen) atoms. The van der Waals surface area contributed by atoms with Crippen LogP contribution in [-0.4, -0.2) is 53.9 Å². The van der Waals surface area contributed by atoms with Crippen molar-refractivity contribution in [3.8, 4) is 0 Å². The zero-order valence-electron chi connectivity index (χ0n) is 15.4. The minimum atomic E-state index is -0.425. The molecule has 2 aliphatic heterocycles. The molecule has 0 aliphatic carbocycles. The minimum absolute atomic E-state index is 0.0957. The number of aliphatic hydroxyl groups excluding tert-OH is 1. The number of carbonyl (C=O) groups is 1. The molecule has 0 spiro atoms. The van der Waals surface area contributed by atoms with Crippen molar-refractivity contribution in [2.45, 2.75) is 84.0 Å². The lowest BCUT2D eigenvalue weighted by atomic mass is 9.80. The van der Waals surface area contributed by atoms with Crippen LogP contribution in [0.4, 0.5) is 4.79 Å². The van der Waals surface area contributed by atoms with Crippen molar-refractivity contribution in [3.05, 3.63) is 0 Å². The van der Waals surface area contributed by atoms with Crippen molar-refractivity contribution in [2.75, 3.05) is 13.6 Å². The maximum atomic E-state index is 12.2. The van der Waals surface area contributed by atoms with Gasteiger partial charge in [-0.2, -0.15) is 0 Å². The predicted octanol–water partition coefficient (Wildman–Crippen LogP) is 2.34. The lowest BCUT2D eigenvalue weighted by Gasteiger charge is -2.47. The predicted molar refractivity (Wildman–Crippen MR) is 93.4 cm³/mol. The van der Waals surface area contributed by atoms with Gasteiger partial charge in [0.2, 0.25) is 0 Å². The molecule has 2 aliphatic rings. The van der Waals surface area contributed by atoms with Gasteiger partial charge in [0, 0.05) is 30.1 Å². The SMILES string of the molecule is CC(C)C(O)C(C)(C)CNC(=O)NC1CC2CCCC(C1)N2C. The fraction of sp³-hybridized carbons (Fsp3) is 0.944. The molecule has 2 fully saturated rings.